The Morgan fingerprint density at radius 3 is 2.82 bits per heavy atom. The van der Waals surface area contributed by atoms with E-state index in [2.05, 4.69) is 10.3 Å². The largest absolute Gasteiger partial charge is 0.456 e. The number of nitrogens with zero attached hydrogens (tertiary/aromatic N) is 1. The standard InChI is InChI=1S/C13H18N2O2/c1-8-9-5-6-14-11(9)15-7-10(8)12(16)17-13(2,3)4/h7H,5-6H2,1-4H3,(H,14,15). The lowest BCUT2D eigenvalue weighted by Crippen LogP contribution is -2.24. The molecule has 17 heavy (non-hydrogen) atoms. The van der Waals surface area contributed by atoms with Crippen LogP contribution in [-0.4, -0.2) is 23.1 Å². The summed E-state index contributed by atoms with van der Waals surface area (Å²) in [5.41, 5.74) is 2.21. The highest BCUT2D eigenvalue weighted by molar-refractivity contribution is 5.92. The van der Waals surface area contributed by atoms with E-state index in [1.807, 2.05) is 27.7 Å². The first-order valence-electron chi connectivity index (χ1n) is 5.84. The van der Waals surface area contributed by atoms with Crippen molar-refractivity contribution < 1.29 is 9.53 Å². The highest BCUT2D eigenvalue weighted by Crippen LogP contribution is 2.26. The van der Waals surface area contributed by atoms with Crippen molar-refractivity contribution in [3.05, 3.63) is 22.9 Å². The van der Waals surface area contributed by atoms with Crippen molar-refractivity contribution in [2.45, 2.75) is 39.7 Å². The van der Waals surface area contributed by atoms with Crippen LogP contribution in [-0.2, 0) is 11.2 Å². The molecule has 1 aromatic rings. The summed E-state index contributed by atoms with van der Waals surface area (Å²) < 4.78 is 5.37. The van der Waals surface area contributed by atoms with Gasteiger partial charge in [0, 0.05) is 12.7 Å². The van der Waals surface area contributed by atoms with E-state index in [1.54, 1.807) is 6.20 Å². The van der Waals surface area contributed by atoms with Crippen LogP contribution in [0.1, 0.15) is 42.3 Å². The van der Waals surface area contributed by atoms with Gasteiger partial charge in [-0.3, -0.25) is 0 Å². The van der Waals surface area contributed by atoms with Gasteiger partial charge in [-0.25, -0.2) is 9.78 Å². The molecule has 0 atom stereocenters. The third-order valence-electron chi connectivity index (χ3n) is 2.75. The van der Waals surface area contributed by atoms with E-state index in [9.17, 15) is 4.79 Å². The Balaban J connectivity index is 2.31. The van der Waals surface area contributed by atoms with Gasteiger partial charge in [-0.15, -0.1) is 0 Å². The van der Waals surface area contributed by atoms with Crippen molar-refractivity contribution in [2.24, 2.45) is 0 Å². The number of pyridine rings is 1. The number of carbonyl (C=O) groups excluding carboxylic acids is 1. The van der Waals surface area contributed by atoms with Gasteiger partial charge in [0.15, 0.2) is 0 Å². The van der Waals surface area contributed by atoms with Crippen LogP contribution >= 0.6 is 0 Å². The van der Waals surface area contributed by atoms with E-state index in [0.29, 0.717) is 5.56 Å². The lowest BCUT2D eigenvalue weighted by molar-refractivity contribution is 0.00682. The second-order valence-corrected chi connectivity index (χ2v) is 5.30. The molecule has 0 saturated carbocycles. The van der Waals surface area contributed by atoms with Crippen LogP contribution in [0.4, 0.5) is 5.82 Å². The smallest absolute Gasteiger partial charge is 0.340 e. The number of ether oxygens (including phenoxy) is 1. The lowest BCUT2D eigenvalue weighted by Gasteiger charge is -2.20. The average Bonchev–Trinajstić information content (AvgIpc) is 2.63. The Bertz CT molecular complexity index is 461. The summed E-state index contributed by atoms with van der Waals surface area (Å²) in [6, 6.07) is 0. The first-order valence-corrected chi connectivity index (χ1v) is 5.84. The fourth-order valence-electron chi connectivity index (χ4n) is 1.95. The number of hydrogen-bond acceptors (Lipinski definition) is 4. The van der Waals surface area contributed by atoms with Gasteiger partial charge >= 0.3 is 5.97 Å². The minimum absolute atomic E-state index is 0.294. The quantitative estimate of drug-likeness (QED) is 0.758. The van der Waals surface area contributed by atoms with Crippen molar-refractivity contribution in [2.75, 3.05) is 11.9 Å². The normalized spacial score (nSPS) is 14.1. The van der Waals surface area contributed by atoms with Crippen molar-refractivity contribution in [3.63, 3.8) is 0 Å². The monoisotopic (exact) mass is 234 g/mol. The van der Waals surface area contributed by atoms with Crippen LogP contribution in [0.15, 0.2) is 6.20 Å². The summed E-state index contributed by atoms with van der Waals surface area (Å²) in [6.45, 7) is 8.43. The molecular formula is C13H18N2O2. The van der Waals surface area contributed by atoms with Crippen molar-refractivity contribution in [1.29, 1.82) is 0 Å². The van der Waals surface area contributed by atoms with E-state index in [1.165, 1.54) is 0 Å². The molecule has 0 fully saturated rings. The van der Waals surface area contributed by atoms with Crippen LogP contribution in [0.25, 0.3) is 0 Å². The van der Waals surface area contributed by atoms with E-state index < -0.39 is 5.60 Å². The van der Waals surface area contributed by atoms with Crippen LogP contribution in [0.3, 0.4) is 0 Å². The first-order chi connectivity index (χ1) is 7.88. The van der Waals surface area contributed by atoms with Crippen LogP contribution < -0.4 is 5.32 Å². The van der Waals surface area contributed by atoms with Crippen LogP contribution in [0, 0.1) is 6.92 Å². The SMILES string of the molecule is Cc1c(C(=O)OC(C)(C)C)cnc2c1CCN2. The van der Waals surface area contributed by atoms with E-state index in [4.69, 9.17) is 4.74 Å². The number of esters is 1. The molecule has 2 rings (SSSR count). The fourth-order valence-corrected chi connectivity index (χ4v) is 1.95. The maximum Gasteiger partial charge on any atom is 0.340 e. The van der Waals surface area contributed by atoms with Gasteiger partial charge in [0.05, 0.1) is 5.56 Å². The Labute approximate surface area is 101 Å². The maximum absolute atomic E-state index is 12.0. The van der Waals surface area contributed by atoms with Crippen LogP contribution in [0.5, 0.6) is 0 Å². The molecule has 1 aliphatic heterocycles. The Morgan fingerprint density at radius 1 is 1.47 bits per heavy atom. The zero-order valence-corrected chi connectivity index (χ0v) is 10.8. The Kier molecular flexibility index (Phi) is 2.81. The zero-order chi connectivity index (χ0) is 12.6. The van der Waals surface area contributed by atoms with Gasteiger partial charge in [-0.05, 0) is 45.2 Å². The van der Waals surface area contributed by atoms with Gasteiger partial charge in [-0.1, -0.05) is 0 Å². The second-order valence-electron chi connectivity index (χ2n) is 5.30. The highest BCUT2D eigenvalue weighted by atomic mass is 16.6. The van der Waals surface area contributed by atoms with Gasteiger partial charge in [-0.2, -0.15) is 0 Å². The summed E-state index contributed by atoms with van der Waals surface area (Å²) in [7, 11) is 0. The number of anilines is 1. The lowest BCUT2D eigenvalue weighted by atomic mass is 10.0. The average molecular weight is 234 g/mol. The fraction of sp³-hybridized carbons (Fsp3) is 0.538. The van der Waals surface area contributed by atoms with E-state index >= 15 is 0 Å². The predicted octanol–water partition coefficient (Wildman–Crippen LogP) is 2.31. The number of hydrogen-bond donors (Lipinski definition) is 1. The number of carbonyl (C=O) groups is 1. The molecule has 1 N–H and O–H groups in total. The third-order valence-corrected chi connectivity index (χ3v) is 2.75. The number of aromatic nitrogens is 1. The zero-order valence-electron chi connectivity index (χ0n) is 10.8. The molecule has 0 bridgehead atoms. The van der Waals surface area contributed by atoms with E-state index in [-0.39, 0.29) is 5.97 Å². The molecule has 4 nitrogen and oxygen atoms in total. The maximum atomic E-state index is 12.0. The Morgan fingerprint density at radius 2 is 2.18 bits per heavy atom. The Hall–Kier alpha value is -1.58. The molecule has 0 saturated heterocycles. The molecule has 0 radical (unpaired) electrons. The number of fused-ring (bicyclic) bond motifs is 1. The predicted molar refractivity (Wildman–Crippen MR) is 66.3 cm³/mol. The minimum atomic E-state index is -0.471. The highest BCUT2D eigenvalue weighted by Gasteiger charge is 2.23. The molecule has 92 valence electrons. The summed E-state index contributed by atoms with van der Waals surface area (Å²) >= 11 is 0. The van der Waals surface area contributed by atoms with Crippen LogP contribution in [0.2, 0.25) is 0 Å². The summed E-state index contributed by atoms with van der Waals surface area (Å²) in [5.74, 6) is 0.604. The molecule has 0 amide bonds. The summed E-state index contributed by atoms with van der Waals surface area (Å²) in [6.07, 6.45) is 2.52. The molecule has 4 heteroatoms. The topological polar surface area (TPSA) is 51.2 Å². The van der Waals surface area contributed by atoms with E-state index in [0.717, 1.165) is 29.9 Å². The first kappa shape index (κ1) is 11.9. The van der Waals surface area contributed by atoms with Gasteiger partial charge in [0.25, 0.3) is 0 Å². The molecular weight excluding hydrogens is 216 g/mol. The molecule has 0 aromatic carbocycles. The molecule has 1 aliphatic rings. The third kappa shape index (κ3) is 2.40. The van der Waals surface area contributed by atoms with Gasteiger partial charge in [0.1, 0.15) is 11.4 Å². The summed E-state index contributed by atoms with van der Waals surface area (Å²) in [5, 5.41) is 3.19. The van der Waals surface area contributed by atoms with Crippen molar-refractivity contribution >= 4 is 11.8 Å². The molecule has 1 aromatic heterocycles. The summed E-state index contributed by atoms with van der Waals surface area (Å²) in [4.78, 5) is 16.3. The number of nitrogens with one attached hydrogen (secondary N) is 1. The second kappa shape index (κ2) is 4.02. The van der Waals surface area contributed by atoms with Crippen molar-refractivity contribution in [3.8, 4) is 0 Å². The molecule has 0 unspecified atom stereocenters. The van der Waals surface area contributed by atoms with Crippen molar-refractivity contribution in [1.82, 2.24) is 4.98 Å². The molecule has 0 aliphatic carbocycles. The molecule has 0 spiro atoms. The van der Waals surface area contributed by atoms with Gasteiger partial charge < -0.3 is 10.1 Å². The van der Waals surface area contributed by atoms with Gasteiger partial charge in [0.2, 0.25) is 0 Å². The molecule has 2 heterocycles. The number of rotatable bonds is 1. The minimum Gasteiger partial charge on any atom is -0.456 e.